The molecule has 3 rings (SSSR count). The van der Waals surface area contributed by atoms with Gasteiger partial charge in [-0.15, -0.1) is 10.2 Å². The normalized spacial score (nSPS) is 11.1. The van der Waals surface area contributed by atoms with Gasteiger partial charge in [-0.1, -0.05) is 29.5 Å². The van der Waals surface area contributed by atoms with Gasteiger partial charge in [-0.05, 0) is 18.2 Å². The van der Waals surface area contributed by atoms with Crippen molar-refractivity contribution >= 4 is 22.0 Å². The standard InChI is InChI=1S/C13H14N6OS/c14-6-5-11-18-19-12(20)10(16-17-13(19)21-11)7-8-3-1-2-4-9(8)15/h1-4H,5-7,14-15H2. The second-order valence-corrected chi connectivity index (χ2v) is 5.60. The van der Waals surface area contributed by atoms with E-state index in [0.717, 1.165) is 10.6 Å². The summed E-state index contributed by atoms with van der Waals surface area (Å²) in [5.74, 6) is 0. The third-order valence-corrected chi connectivity index (χ3v) is 4.03. The third-order valence-electron chi connectivity index (χ3n) is 3.07. The zero-order valence-corrected chi connectivity index (χ0v) is 12.0. The molecule has 7 nitrogen and oxygen atoms in total. The number of anilines is 1. The summed E-state index contributed by atoms with van der Waals surface area (Å²) < 4.78 is 1.29. The molecule has 108 valence electrons. The summed E-state index contributed by atoms with van der Waals surface area (Å²) in [6.45, 7) is 0.482. The first-order chi connectivity index (χ1) is 10.2. The van der Waals surface area contributed by atoms with Gasteiger partial charge in [0.05, 0.1) is 0 Å². The lowest BCUT2D eigenvalue weighted by Gasteiger charge is -2.03. The number of hydrogen-bond donors (Lipinski definition) is 2. The molecule has 0 atom stereocenters. The van der Waals surface area contributed by atoms with Crippen molar-refractivity contribution in [2.75, 3.05) is 12.3 Å². The highest BCUT2D eigenvalue weighted by Gasteiger charge is 2.13. The molecule has 0 bridgehead atoms. The Hall–Kier alpha value is -2.32. The minimum atomic E-state index is -0.261. The van der Waals surface area contributed by atoms with Crippen LogP contribution in [0.4, 0.5) is 5.69 Å². The van der Waals surface area contributed by atoms with Crippen LogP contribution < -0.4 is 17.0 Å². The van der Waals surface area contributed by atoms with Crippen LogP contribution in [0.1, 0.15) is 16.3 Å². The van der Waals surface area contributed by atoms with Crippen molar-refractivity contribution in [3.05, 3.63) is 50.9 Å². The number of nitrogen functional groups attached to an aromatic ring is 1. The van der Waals surface area contributed by atoms with Gasteiger partial charge in [0.15, 0.2) is 0 Å². The fourth-order valence-electron chi connectivity index (χ4n) is 2.00. The van der Waals surface area contributed by atoms with Gasteiger partial charge in [0, 0.05) is 18.5 Å². The van der Waals surface area contributed by atoms with E-state index in [2.05, 4.69) is 15.3 Å². The Morgan fingerprint density at radius 3 is 2.81 bits per heavy atom. The predicted molar refractivity (Wildman–Crippen MR) is 81.3 cm³/mol. The molecule has 3 aromatic rings. The highest BCUT2D eigenvalue weighted by molar-refractivity contribution is 7.16. The zero-order chi connectivity index (χ0) is 14.8. The van der Waals surface area contributed by atoms with Crippen LogP contribution in [0.25, 0.3) is 4.96 Å². The van der Waals surface area contributed by atoms with E-state index in [1.54, 1.807) is 6.07 Å². The van der Waals surface area contributed by atoms with Gasteiger partial charge in [0.25, 0.3) is 5.56 Å². The Labute approximate surface area is 124 Å². The summed E-state index contributed by atoms with van der Waals surface area (Å²) in [5.41, 5.74) is 12.9. The first-order valence-electron chi connectivity index (χ1n) is 6.47. The van der Waals surface area contributed by atoms with Crippen molar-refractivity contribution in [2.45, 2.75) is 12.8 Å². The Bertz CT molecular complexity index is 840. The second kappa shape index (κ2) is 5.58. The molecule has 2 aromatic heterocycles. The van der Waals surface area contributed by atoms with E-state index in [9.17, 15) is 4.79 Å². The van der Waals surface area contributed by atoms with Crippen molar-refractivity contribution < 1.29 is 0 Å². The number of para-hydroxylation sites is 1. The molecule has 2 heterocycles. The molecule has 1 aromatic carbocycles. The van der Waals surface area contributed by atoms with E-state index in [-0.39, 0.29) is 5.56 Å². The van der Waals surface area contributed by atoms with Gasteiger partial charge in [0.1, 0.15) is 10.7 Å². The fraction of sp³-hybridized carbons (Fsp3) is 0.231. The molecule has 21 heavy (non-hydrogen) atoms. The smallest absolute Gasteiger partial charge is 0.297 e. The lowest BCUT2D eigenvalue weighted by atomic mass is 10.1. The summed E-state index contributed by atoms with van der Waals surface area (Å²) in [6.07, 6.45) is 0.958. The van der Waals surface area contributed by atoms with Crippen molar-refractivity contribution in [1.82, 2.24) is 19.8 Å². The first-order valence-corrected chi connectivity index (χ1v) is 7.28. The Morgan fingerprint density at radius 2 is 2.05 bits per heavy atom. The van der Waals surface area contributed by atoms with Gasteiger partial charge < -0.3 is 11.5 Å². The lowest BCUT2D eigenvalue weighted by molar-refractivity contribution is 0.785. The minimum absolute atomic E-state index is 0.261. The first kappa shape index (κ1) is 13.7. The van der Waals surface area contributed by atoms with Crippen LogP contribution in [0.15, 0.2) is 29.1 Å². The van der Waals surface area contributed by atoms with E-state index < -0.39 is 0 Å². The van der Waals surface area contributed by atoms with Crippen LogP contribution in [-0.4, -0.2) is 26.4 Å². The molecule has 0 fully saturated rings. The monoisotopic (exact) mass is 302 g/mol. The maximum atomic E-state index is 12.4. The van der Waals surface area contributed by atoms with Crippen molar-refractivity contribution in [2.24, 2.45) is 5.73 Å². The number of fused-ring (bicyclic) bond motifs is 1. The van der Waals surface area contributed by atoms with Crippen LogP contribution in [0.3, 0.4) is 0 Å². The average Bonchev–Trinajstić information content (AvgIpc) is 2.88. The van der Waals surface area contributed by atoms with Crippen LogP contribution in [0, 0.1) is 0 Å². The second-order valence-electron chi connectivity index (χ2n) is 4.56. The van der Waals surface area contributed by atoms with Gasteiger partial charge in [-0.3, -0.25) is 4.79 Å². The fourth-order valence-corrected chi connectivity index (χ4v) is 2.84. The van der Waals surface area contributed by atoms with E-state index in [1.807, 2.05) is 18.2 Å². The SMILES string of the molecule is NCCc1nn2c(=O)c(Cc3ccccc3N)nnc2s1. The summed E-state index contributed by atoms with van der Waals surface area (Å²) >= 11 is 1.33. The topological polar surface area (TPSA) is 112 Å². The van der Waals surface area contributed by atoms with E-state index in [1.165, 1.54) is 15.9 Å². The quantitative estimate of drug-likeness (QED) is 0.667. The van der Waals surface area contributed by atoms with Crippen molar-refractivity contribution in [3.63, 3.8) is 0 Å². The van der Waals surface area contributed by atoms with Crippen LogP contribution in [-0.2, 0) is 12.8 Å². The molecule has 0 aliphatic carbocycles. The van der Waals surface area contributed by atoms with Gasteiger partial charge in [-0.2, -0.15) is 9.61 Å². The van der Waals surface area contributed by atoms with Crippen LogP contribution in [0.2, 0.25) is 0 Å². The van der Waals surface area contributed by atoms with E-state index >= 15 is 0 Å². The van der Waals surface area contributed by atoms with Crippen LogP contribution in [0.5, 0.6) is 0 Å². The molecule has 0 amide bonds. The van der Waals surface area contributed by atoms with Crippen molar-refractivity contribution in [1.29, 1.82) is 0 Å². The molecule has 0 saturated heterocycles. The maximum absolute atomic E-state index is 12.4. The number of rotatable bonds is 4. The van der Waals surface area contributed by atoms with Gasteiger partial charge in [0.2, 0.25) is 4.96 Å². The largest absolute Gasteiger partial charge is 0.398 e. The molecule has 0 spiro atoms. The van der Waals surface area contributed by atoms with Crippen molar-refractivity contribution in [3.8, 4) is 0 Å². The average molecular weight is 302 g/mol. The molecule has 0 aliphatic heterocycles. The summed E-state index contributed by atoms with van der Waals surface area (Å²) in [7, 11) is 0. The molecule has 4 N–H and O–H groups in total. The highest BCUT2D eigenvalue weighted by Crippen LogP contribution is 2.14. The number of benzene rings is 1. The van der Waals surface area contributed by atoms with E-state index in [0.29, 0.717) is 35.7 Å². The Kier molecular flexibility index (Phi) is 3.63. The molecule has 8 heteroatoms. The molecule has 0 radical (unpaired) electrons. The number of nitrogens with two attached hydrogens (primary N) is 2. The van der Waals surface area contributed by atoms with Gasteiger partial charge in [-0.25, -0.2) is 0 Å². The summed E-state index contributed by atoms with van der Waals surface area (Å²) in [4.78, 5) is 12.9. The molecule has 0 saturated carbocycles. The van der Waals surface area contributed by atoms with Crippen LogP contribution >= 0.6 is 11.3 Å². The number of hydrogen-bond acceptors (Lipinski definition) is 7. The third kappa shape index (κ3) is 2.63. The summed E-state index contributed by atoms with van der Waals surface area (Å²) in [5, 5.41) is 13.1. The molecule has 0 aliphatic rings. The zero-order valence-electron chi connectivity index (χ0n) is 11.2. The molecule has 0 unspecified atom stereocenters. The summed E-state index contributed by atoms with van der Waals surface area (Å²) in [6, 6.07) is 7.38. The van der Waals surface area contributed by atoms with E-state index in [4.69, 9.17) is 11.5 Å². The molecular weight excluding hydrogens is 288 g/mol. The Balaban J connectivity index is 2.02. The minimum Gasteiger partial charge on any atom is -0.398 e. The molecular formula is C13H14N6OS. The number of aromatic nitrogens is 4. The lowest BCUT2D eigenvalue weighted by Crippen LogP contribution is -2.22. The predicted octanol–water partition coefficient (Wildman–Crippen LogP) is 0.220. The Morgan fingerprint density at radius 1 is 1.24 bits per heavy atom. The highest BCUT2D eigenvalue weighted by atomic mass is 32.1. The maximum Gasteiger partial charge on any atom is 0.297 e. The van der Waals surface area contributed by atoms with Gasteiger partial charge >= 0.3 is 0 Å². The number of nitrogens with zero attached hydrogens (tertiary/aromatic N) is 4.